The number of rotatable bonds is 5. The Morgan fingerprint density at radius 1 is 1.22 bits per heavy atom. The number of fused-ring (bicyclic) bond motifs is 1. The molecule has 2 aliphatic rings. The molecule has 1 aromatic rings. The molecule has 1 aliphatic carbocycles. The molecule has 124 valence electrons. The average Bonchev–Trinajstić information content (AvgIpc) is 3.08. The Kier molecular flexibility index (Phi) is 5.70. The van der Waals surface area contributed by atoms with Crippen LogP contribution in [0, 0.1) is 0 Å². The van der Waals surface area contributed by atoms with E-state index in [0.29, 0.717) is 6.04 Å². The molecule has 0 fully saturated rings. The van der Waals surface area contributed by atoms with Crippen LogP contribution in [0.3, 0.4) is 0 Å². The second-order valence-corrected chi connectivity index (χ2v) is 6.34. The molecule has 0 saturated heterocycles. The predicted molar refractivity (Wildman–Crippen MR) is 96.7 cm³/mol. The summed E-state index contributed by atoms with van der Waals surface area (Å²) < 4.78 is 0. The summed E-state index contributed by atoms with van der Waals surface area (Å²) in [5.41, 5.74) is 2.99. The van der Waals surface area contributed by atoms with Gasteiger partial charge in [0.2, 0.25) is 0 Å². The molecule has 0 spiro atoms. The molecule has 0 radical (unpaired) electrons. The van der Waals surface area contributed by atoms with Crippen molar-refractivity contribution in [3.8, 4) is 0 Å². The SMILES string of the molecule is CCNC(=NCCN1CCc2ccccc2C1)NC1CC=CC1. The Bertz CT molecular complexity index is 556. The van der Waals surface area contributed by atoms with Gasteiger partial charge in [0.1, 0.15) is 0 Å². The van der Waals surface area contributed by atoms with E-state index in [1.807, 2.05) is 0 Å². The van der Waals surface area contributed by atoms with Crippen molar-refractivity contribution in [3.05, 3.63) is 47.5 Å². The summed E-state index contributed by atoms with van der Waals surface area (Å²) in [6.45, 7) is 7.09. The quantitative estimate of drug-likeness (QED) is 0.498. The van der Waals surface area contributed by atoms with Crippen LogP contribution in [0.25, 0.3) is 0 Å². The smallest absolute Gasteiger partial charge is 0.191 e. The van der Waals surface area contributed by atoms with Gasteiger partial charge in [-0.1, -0.05) is 36.4 Å². The van der Waals surface area contributed by atoms with Crippen molar-refractivity contribution in [2.75, 3.05) is 26.2 Å². The summed E-state index contributed by atoms with van der Waals surface area (Å²) in [6, 6.07) is 9.31. The first-order valence-electron chi connectivity index (χ1n) is 8.84. The largest absolute Gasteiger partial charge is 0.357 e. The highest BCUT2D eigenvalue weighted by Gasteiger charge is 2.15. The van der Waals surface area contributed by atoms with Crippen molar-refractivity contribution in [1.82, 2.24) is 15.5 Å². The molecular weight excluding hydrogens is 284 g/mol. The average molecular weight is 312 g/mol. The van der Waals surface area contributed by atoms with Gasteiger partial charge in [0.05, 0.1) is 6.54 Å². The minimum atomic E-state index is 0.509. The van der Waals surface area contributed by atoms with Crippen LogP contribution in [0.2, 0.25) is 0 Å². The van der Waals surface area contributed by atoms with Gasteiger partial charge in [-0.05, 0) is 37.3 Å². The van der Waals surface area contributed by atoms with E-state index in [9.17, 15) is 0 Å². The van der Waals surface area contributed by atoms with Crippen LogP contribution in [0.4, 0.5) is 0 Å². The lowest BCUT2D eigenvalue weighted by Gasteiger charge is -2.28. The van der Waals surface area contributed by atoms with Crippen molar-refractivity contribution in [2.45, 2.75) is 38.8 Å². The van der Waals surface area contributed by atoms with E-state index in [-0.39, 0.29) is 0 Å². The highest BCUT2D eigenvalue weighted by atomic mass is 15.2. The lowest BCUT2D eigenvalue weighted by molar-refractivity contribution is 0.261. The van der Waals surface area contributed by atoms with Gasteiger partial charge in [0, 0.05) is 32.2 Å². The number of benzene rings is 1. The second kappa shape index (κ2) is 8.16. The van der Waals surface area contributed by atoms with Crippen LogP contribution < -0.4 is 10.6 Å². The Morgan fingerprint density at radius 2 is 2.00 bits per heavy atom. The van der Waals surface area contributed by atoms with Gasteiger partial charge < -0.3 is 10.6 Å². The lowest BCUT2D eigenvalue weighted by Crippen LogP contribution is -2.43. The van der Waals surface area contributed by atoms with Crippen molar-refractivity contribution in [1.29, 1.82) is 0 Å². The first-order chi connectivity index (χ1) is 11.3. The number of hydrogen-bond donors (Lipinski definition) is 2. The molecule has 1 aromatic carbocycles. The third-order valence-corrected chi connectivity index (χ3v) is 4.59. The van der Waals surface area contributed by atoms with Crippen LogP contribution in [0.5, 0.6) is 0 Å². The lowest BCUT2D eigenvalue weighted by atomic mass is 10.00. The summed E-state index contributed by atoms with van der Waals surface area (Å²) in [5, 5.41) is 6.88. The highest BCUT2D eigenvalue weighted by molar-refractivity contribution is 5.80. The molecule has 0 bridgehead atoms. The number of hydrogen-bond acceptors (Lipinski definition) is 2. The van der Waals surface area contributed by atoms with Crippen LogP contribution >= 0.6 is 0 Å². The van der Waals surface area contributed by atoms with Crippen LogP contribution in [-0.2, 0) is 13.0 Å². The molecule has 2 N–H and O–H groups in total. The van der Waals surface area contributed by atoms with Crippen molar-refractivity contribution in [3.63, 3.8) is 0 Å². The van der Waals surface area contributed by atoms with E-state index in [0.717, 1.165) is 57.9 Å². The number of nitrogens with zero attached hydrogens (tertiary/aromatic N) is 2. The molecule has 4 nitrogen and oxygen atoms in total. The number of nitrogens with one attached hydrogen (secondary N) is 2. The van der Waals surface area contributed by atoms with Crippen LogP contribution in [0.15, 0.2) is 41.4 Å². The van der Waals surface area contributed by atoms with Gasteiger partial charge >= 0.3 is 0 Å². The molecule has 3 rings (SSSR count). The van der Waals surface area contributed by atoms with Gasteiger partial charge in [0.25, 0.3) is 0 Å². The minimum Gasteiger partial charge on any atom is -0.357 e. The summed E-state index contributed by atoms with van der Waals surface area (Å²) >= 11 is 0. The van der Waals surface area contributed by atoms with E-state index in [2.05, 4.69) is 58.9 Å². The maximum atomic E-state index is 4.75. The second-order valence-electron chi connectivity index (χ2n) is 6.34. The fraction of sp³-hybridized carbons (Fsp3) is 0.526. The molecule has 1 aliphatic heterocycles. The molecule has 0 amide bonds. The van der Waals surface area contributed by atoms with Crippen LogP contribution in [0.1, 0.15) is 30.9 Å². The maximum absolute atomic E-state index is 4.75. The summed E-state index contributed by atoms with van der Waals surface area (Å²) in [4.78, 5) is 7.26. The molecule has 0 saturated carbocycles. The monoisotopic (exact) mass is 312 g/mol. The zero-order valence-electron chi connectivity index (χ0n) is 14.1. The molecular formula is C19H28N4. The van der Waals surface area contributed by atoms with Gasteiger partial charge in [0.15, 0.2) is 5.96 Å². The van der Waals surface area contributed by atoms with E-state index in [1.54, 1.807) is 0 Å². The molecule has 23 heavy (non-hydrogen) atoms. The highest BCUT2D eigenvalue weighted by Crippen LogP contribution is 2.17. The Hall–Kier alpha value is -1.81. The van der Waals surface area contributed by atoms with Crippen molar-refractivity contribution < 1.29 is 0 Å². The first kappa shape index (κ1) is 16.1. The van der Waals surface area contributed by atoms with Crippen molar-refractivity contribution in [2.24, 2.45) is 4.99 Å². The standard InChI is InChI=1S/C19H28N4/c1-2-20-19(22-18-9-5-6-10-18)21-12-14-23-13-11-16-7-3-4-8-17(16)15-23/h3-8,18H,2,9-15H2,1H3,(H2,20,21,22). The van der Waals surface area contributed by atoms with E-state index < -0.39 is 0 Å². The van der Waals surface area contributed by atoms with Gasteiger partial charge in [-0.15, -0.1) is 0 Å². The van der Waals surface area contributed by atoms with E-state index >= 15 is 0 Å². The summed E-state index contributed by atoms with van der Waals surface area (Å²) in [5.74, 6) is 0.957. The third-order valence-electron chi connectivity index (χ3n) is 4.59. The normalized spacial score (nSPS) is 18.9. The number of guanidine groups is 1. The molecule has 0 unspecified atom stereocenters. The molecule has 0 atom stereocenters. The summed E-state index contributed by atoms with van der Waals surface area (Å²) in [6.07, 6.45) is 7.85. The zero-order chi connectivity index (χ0) is 15.9. The molecule has 0 aromatic heterocycles. The van der Waals surface area contributed by atoms with E-state index in [4.69, 9.17) is 4.99 Å². The van der Waals surface area contributed by atoms with Crippen molar-refractivity contribution >= 4 is 5.96 Å². The fourth-order valence-corrected chi connectivity index (χ4v) is 3.30. The summed E-state index contributed by atoms with van der Waals surface area (Å²) in [7, 11) is 0. The van der Waals surface area contributed by atoms with Gasteiger partial charge in [-0.25, -0.2) is 0 Å². The Labute approximate surface area is 139 Å². The van der Waals surface area contributed by atoms with Gasteiger partial charge in [-0.3, -0.25) is 9.89 Å². The Balaban J connectivity index is 1.48. The fourth-order valence-electron chi connectivity index (χ4n) is 3.30. The maximum Gasteiger partial charge on any atom is 0.191 e. The van der Waals surface area contributed by atoms with Gasteiger partial charge in [-0.2, -0.15) is 0 Å². The zero-order valence-corrected chi connectivity index (χ0v) is 14.1. The minimum absolute atomic E-state index is 0.509. The topological polar surface area (TPSA) is 39.7 Å². The van der Waals surface area contributed by atoms with E-state index in [1.165, 1.54) is 11.1 Å². The third kappa shape index (κ3) is 4.58. The number of aliphatic imine (C=N–C) groups is 1. The molecule has 1 heterocycles. The van der Waals surface area contributed by atoms with Crippen LogP contribution in [-0.4, -0.2) is 43.1 Å². The predicted octanol–water partition coefficient (Wildman–Crippen LogP) is 2.32. The molecule has 4 heteroatoms. The first-order valence-corrected chi connectivity index (χ1v) is 8.84. The Morgan fingerprint density at radius 3 is 2.78 bits per heavy atom.